The molecule has 1 aromatic carbocycles. The number of nitrogens with one attached hydrogen (secondary N) is 1. The molecule has 0 spiro atoms. The maximum atomic E-state index is 13.0. The second-order valence-corrected chi connectivity index (χ2v) is 10.6. The average molecular weight is 596 g/mol. The van der Waals surface area contributed by atoms with Crippen molar-refractivity contribution in [1.29, 1.82) is 0 Å². The minimum absolute atomic E-state index is 0.155. The molecular formula is C18H17Br2IN2O3. The van der Waals surface area contributed by atoms with Crippen LogP contribution in [0.4, 0.5) is 5.69 Å². The number of amides is 3. The summed E-state index contributed by atoms with van der Waals surface area (Å²) in [5.41, 5.74) is 0.655. The predicted octanol–water partition coefficient (Wildman–Crippen LogP) is 3.40. The number of imide groups is 1. The highest BCUT2D eigenvalue weighted by atomic mass is 127. The van der Waals surface area contributed by atoms with E-state index < -0.39 is 6.04 Å². The third-order valence-electron chi connectivity index (χ3n) is 5.90. The summed E-state index contributed by atoms with van der Waals surface area (Å²) in [4.78, 5) is 40.2. The van der Waals surface area contributed by atoms with Crippen molar-refractivity contribution in [2.75, 3.05) is 5.32 Å². The number of fused-ring (bicyclic) bond motifs is 5. The smallest absolute Gasteiger partial charge is 0.247 e. The lowest BCUT2D eigenvalue weighted by molar-refractivity contribution is -0.146. The first kappa shape index (κ1) is 18.9. The third-order valence-corrected chi connectivity index (χ3v) is 9.83. The van der Waals surface area contributed by atoms with Crippen LogP contribution in [-0.2, 0) is 14.4 Å². The minimum atomic E-state index is -0.818. The van der Waals surface area contributed by atoms with Gasteiger partial charge in [0.05, 0.1) is 11.8 Å². The Morgan fingerprint density at radius 1 is 1.12 bits per heavy atom. The molecule has 1 saturated heterocycles. The summed E-state index contributed by atoms with van der Waals surface area (Å²) >= 11 is 9.53. The van der Waals surface area contributed by atoms with Gasteiger partial charge in [0.25, 0.3) is 0 Å². The van der Waals surface area contributed by atoms with Crippen molar-refractivity contribution in [3.8, 4) is 0 Å². The van der Waals surface area contributed by atoms with Gasteiger partial charge >= 0.3 is 0 Å². The quantitative estimate of drug-likeness (QED) is 0.331. The minimum Gasteiger partial charge on any atom is -0.324 e. The Bertz CT molecular complexity index is 755. The van der Waals surface area contributed by atoms with Crippen molar-refractivity contribution < 1.29 is 14.4 Å². The van der Waals surface area contributed by atoms with E-state index in [4.69, 9.17) is 0 Å². The second-order valence-electron chi connectivity index (χ2n) is 7.22. The zero-order valence-corrected chi connectivity index (χ0v) is 19.2. The van der Waals surface area contributed by atoms with Crippen molar-refractivity contribution >= 4 is 77.9 Å². The topological polar surface area (TPSA) is 66.5 Å². The summed E-state index contributed by atoms with van der Waals surface area (Å²) in [6, 6.07) is 6.57. The number of benzene rings is 1. The molecule has 0 radical (unpaired) electrons. The van der Waals surface area contributed by atoms with Crippen molar-refractivity contribution in [3.63, 3.8) is 0 Å². The summed E-state index contributed by atoms with van der Waals surface area (Å²) in [6.45, 7) is 1.62. The summed E-state index contributed by atoms with van der Waals surface area (Å²) < 4.78 is 1.07. The normalized spacial score (nSPS) is 36.4. The standard InChI is InChI=1S/C18H17Br2IN2O3/c1-7(16(24)22-9-4-2-8(21)3-5-9)23-17(25)12-10-6-11(13(12)18(23)26)15(20)14(10)19/h2-5,7,10-15H,6H2,1H3,(H,22,24)/t7-,10-,11-,12-,13-,14+,15+/m1/s1. The fraction of sp³-hybridized carbons (Fsp3) is 0.500. The monoisotopic (exact) mass is 594 g/mol. The molecule has 138 valence electrons. The molecular weight excluding hydrogens is 579 g/mol. The first-order valence-corrected chi connectivity index (χ1v) is 11.4. The number of carbonyl (C=O) groups is 3. The largest absolute Gasteiger partial charge is 0.324 e. The average Bonchev–Trinajstić information content (AvgIpc) is 3.21. The number of carbonyl (C=O) groups excluding carboxylic acids is 3. The van der Waals surface area contributed by atoms with Gasteiger partial charge in [0.15, 0.2) is 0 Å². The molecule has 2 bridgehead atoms. The molecule has 0 aromatic heterocycles. The van der Waals surface area contributed by atoms with Gasteiger partial charge in [-0.15, -0.1) is 0 Å². The van der Waals surface area contributed by atoms with Crippen LogP contribution in [0.15, 0.2) is 24.3 Å². The van der Waals surface area contributed by atoms with Gasteiger partial charge in [-0.3, -0.25) is 19.3 Å². The predicted molar refractivity (Wildman–Crippen MR) is 113 cm³/mol. The van der Waals surface area contributed by atoms with E-state index in [1.807, 2.05) is 12.1 Å². The molecule has 1 heterocycles. The van der Waals surface area contributed by atoms with E-state index in [9.17, 15) is 14.4 Å². The van der Waals surface area contributed by atoms with Gasteiger partial charge < -0.3 is 5.32 Å². The van der Waals surface area contributed by atoms with Gasteiger partial charge in [-0.1, -0.05) is 31.9 Å². The molecule has 4 rings (SSSR count). The van der Waals surface area contributed by atoms with Crippen LogP contribution in [0, 0.1) is 27.2 Å². The third kappa shape index (κ3) is 2.78. The number of alkyl halides is 2. The van der Waals surface area contributed by atoms with Crippen LogP contribution in [0.25, 0.3) is 0 Å². The lowest BCUT2D eigenvalue weighted by Crippen LogP contribution is -2.46. The van der Waals surface area contributed by atoms with E-state index in [1.165, 1.54) is 4.90 Å². The first-order chi connectivity index (χ1) is 12.3. The van der Waals surface area contributed by atoms with Crippen LogP contribution in [0.1, 0.15) is 13.3 Å². The Morgan fingerprint density at radius 2 is 1.62 bits per heavy atom. The van der Waals surface area contributed by atoms with Crippen molar-refractivity contribution in [2.24, 2.45) is 23.7 Å². The maximum Gasteiger partial charge on any atom is 0.247 e. The lowest BCUT2D eigenvalue weighted by Gasteiger charge is -2.28. The molecule has 0 unspecified atom stereocenters. The van der Waals surface area contributed by atoms with Crippen LogP contribution in [0.3, 0.4) is 0 Å². The highest BCUT2D eigenvalue weighted by molar-refractivity contribution is 14.1. The second kappa shape index (κ2) is 6.84. The molecule has 1 aliphatic heterocycles. The van der Waals surface area contributed by atoms with Crippen molar-refractivity contribution in [2.45, 2.75) is 29.0 Å². The Balaban J connectivity index is 1.53. The van der Waals surface area contributed by atoms with E-state index in [-0.39, 0.29) is 51.0 Å². The maximum absolute atomic E-state index is 13.0. The van der Waals surface area contributed by atoms with E-state index in [2.05, 4.69) is 59.8 Å². The highest BCUT2D eigenvalue weighted by Crippen LogP contribution is 2.60. The van der Waals surface area contributed by atoms with Gasteiger partial charge in [-0.2, -0.15) is 0 Å². The zero-order valence-electron chi connectivity index (χ0n) is 13.9. The summed E-state index contributed by atoms with van der Waals surface area (Å²) in [5.74, 6) is -1.00. The van der Waals surface area contributed by atoms with Gasteiger partial charge in [0, 0.05) is 18.9 Å². The van der Waals surface area contributed by atoms with E-state index in [0.29, 0.717) is 5.69 Å². The molecule has 2 saturated carbocycles. The molecule has 8 heteroatoms. The van der Waals surface area contributed by atoms with E-state index in [0.717, 1.165) is 9.99 Å². The number of rotatable bonds is 3. The van der Waals surface area contributed by atoms with Crippen LogP contribution >= 0.6 is 54.5 Å². The SMILES string of the molecule is C[C@H](C(=O)Nc1ccc(I)cc1)N1C(=O)[C@@H]2[C@H]3C[C@@H]([C@H](Br)[C@H]3Br)[C@H]2C1=O. The Hall–Kier alpha value is -0.480. The molecule has 3 aliphatic rings. The molecule has 1 N–H and O–H groups in total. The number of anilines is 1. The van der Waals surface area contributed by atoms with Crippen LogP contribution in [0.5, 0.6) is 0 Å². The van der Waals surface area contributed by atoms with Gasteiger partial charge in [-0.25, -0.2) is 0 Å². The molecule has 3 amide bonds. The number of halogens is 3. The van der Waals surface area contributed by atoms with Crippen LogP contribution in [0.2, 0.25) is 0 Å². The van der Waals surface area contributed by atoms with E-state index in [1.54, 1.807) is 19.1 Å². The molecule has 1 aromatic rings. The lowest BCUT2D eigenvalue weighted by atomic mass is 9.81. The van der Waals surface area contributed by atoms with E-state index >= 15 is 0 Å². The first-order valence-electron chi connectivity index (χ1n) is 8.52. The fourth-order valence-electron chi connectivity index (χ4n) is 4.65. The van der Waals surface area contributed by atoms with Crippen LogP contribution < -0.4 is 5.32 Å². The number of likely N-dealkylation sites (tertiary alicyclic amines) is 1. The highest BCUT2D eigenvalue weighted by Gasteiger charge is 2.67. The summed E-state index contributed by atoms with van der Waals surface area (Å²) in [6.07, 6.45) is 0.885. The number of hydrogen-bond donors (Lipinski definition) is 1. The Labute approximate surface area is 182 Å². The summed E-state index contributed by atoms with van der Waals surface area (Å²) in [5, 5.41) is 2.80. The number of hydrogen-bond acceptors (Lipinski definition) is 3. The van der Waals surface area contributed by atoms with Crippen molar-refractivity contribution in [3.05, 3.63) is 27.8 Å². The summed E-state index contributed by atoms with van der Waals surface area (Å²) in [7, 11) is 0. The number of nitrogens with zero attached hydrogens (tertiary/aromatic N) is 1. The zero-order chi connectivity index (χ0) is 18.7. The Kier molecular flexibility index (Phi) is 4.97. The van der Waals surface area contributed by atoms with Gasteiger partial charge in [-0.05, 0) is 72.0 Å². The molecule has 7 atom stereocenters. The molecule has 3 fully saturated rings. The van der Waals surface area contributed by atoms with Crippen LogP contribution in [-0.4, -0.2) is 38.3 Å². The molecule has 26 heavy (non-hydrogen) atoms. The van der Waals surface area contributed by atoms with Crippen molar-refractivity contribution in [1.82, 2.24) is 4.90 Å². The van der Waals surface area contributed by atoms with Gasteiger partial charge in [0.1, 0.15) is 6.04 Å². The fourth-order valence-corrected chi connectivity index (χ4v) is 6.88. The molecule has 5 nitrogen and oxygen atoms in total. The Morgan fingerprint density at radius 3 is 2.12 bits per heavy atom. The molecule has 2 aliphatic carbocycles. The van der Waals surface area contributed by atoms with Gasteiger partial charge in [0.2, 0.25) is 17.7 Å².